The minimum absolute atomic E-state index is 0.0111. The minimum atomic E-state index is -0.497. The van der Waals surface area contributed by atoms with Crippen molar-refractivity contribution in [3.63, 3.8) is 0 Å². The molecule has 1 heterocycles. The Morgan fingerprint density at radius 2 is 2.18 bits per heavy atom. The zero-order chi connectivity index (χ0) is 13.1. The summed E-state index contributed by atoms with van der Waals surface area (Å²) < 4.78 is 13.9. The molecule has 0 aliphatic heterocycles. The Balaban J connectivity index is 2.53. The molecule has 0 bridgehead atoms. The normalized spacial score (nSPS) is 11.1. The topological polar surface area (TPSA) is 54.0 Å². The first-order valence-corrected chi connectivity index (χ1v) is 5.93. The van der Waals surface area contributed by atoms with Gasteiger partial charge in [-0.2, -0.15) is 0 Å². The number of aromatic nitrogens is 1. The third-order valence-electron chi connectivity index (χ3n) is 1.74. The molecular formula is C11H15BrFN3O. The van der Waals surface area contributed by atoms with Crippen LogP contribution in [0.1, 0.15) is 20.8 Å². The van der Waals surface area contributed by atoms with Gasteiger partial charge in [-0.1, -0.05) is 0 Å². The van der Waals surface area contributed by atoms with E-state index in [0.29, 0.717) is 4.47 Å². The smallest absolute Gasteiger partial charge is 0.239 e. The van der Waals surface area contributed by atoms with Crippen molar-refractivity contribution in [3.8, 4) is 0 Å². The molecule has 2 N–H and O–H groups in total. The third-order valence-corrected chi connectivity index (χ3v) is 2.17. The van der Waals surface area contributed by atoms with Gasteiger partial charge in [0.15, 0.2) is 11.6 Å². The second-order valence-electron chi connectivity index (χ2n) is 4.64. The van der Waals surface area contributed by atoms with Gasteiger partial charge in [-0.25, -0.2) is 9.37 Å². The quantitative estimate of drug-likeness (QED) is 0.901. The number of halogens is 2. The van der Waals surface area contributed by atoms with Crippen LogP contribution in [0.2, 0.25) is 0 Å². The van der Waals surface area contributed by atoms with Crippen LogP contribution in [0.15, 0.2) is 16.7 Å². The lowest BCUT2D eigenvalue weighted by Gasteiger charge is -2.20. The molecule has 1 aromatic heterocycles. The Kier molecular flexibility index (Phi) is 4.45. The van der Waals surface area contributed by atoms with Gasteiger partial charge in [0.1, 0.15) is 0 Å². The average molecular weight is 304 g/mol. The lowest BCUT2D eigenvalue weighted by molar-refractivity contribution is -0.120. The van der Waals surface area contributed by atoms with Crippen molar-refractivity contribution in [3.05, 3.63) is 22.6 Å². The zero-order valence-corrected chi connectivity index (χ0v) is 11.6. The molecule has 0 aliphatic carbocycles. The van der Waals surface area contributed by atoms with E-state index in [4.69, 9.17) is 0 Å². The molecule has 1 rings (SSSR count). The van der Waals surface area contributed by atoms with Crippen molar-refractivity contribution in [1.82, 2.24) is 10.3 Å². The van der Waals surface area contributed by atoms with Crippen LogP contribution in [0.5, 0.6) is 0 Å². The molecule has 94 valence electrons. The second kappa shape index (κ2) is 5.44. The molecule has 0 radical (unpaired) electrons. The van der Waals surface area contributed by atoms with E-state index in [1.807, 2.05) is 20.8 Å². The monoisotopic (exact) mass is 303 g/mol. The van der Waals surface area contributed by atoms with E-state index in [9.17, 15) is 9.18 Å². The SMILES string of the molecule is CC(C)(C)NC(=O)CNc1ncc(Br)cc1F. The lowest BCUT2D eigenvalue weighted by Crippen LogP contribution is -2.43. The highest BCUT2D eigenvalue weighted by atomic mass is 79.9. The van der Waals surface area contributed by atoms with Gasteiger partial charge in [0.05, 0.1) is 6.54 Å². The summed E-state index contributed by atoms with van der Waals surface area (Å²) in [5.41, 5.74) is -0.301. The van der Waals surface area contributed by atoms with Gasteiger partial charge in [-0.05, 0) is 42.8 Å². The van der Waals surface area contributed by atoms with Gasteiger partial charge in [0, 0.05) is 16.2 Å². The molecular weight excluding hydrogens is 289 g/mol. The zero-order valence-electron chi connectivity index (χ0n) is 9.97. The fourth-order valence-electron chi connectivity index (χ4n) is 1.17. The van der Waals surface area contributed by atoms with Crippen LogP contribution in [-0.2, 0) is 4.79 Å². The van der Waals surface area contributed by atoms with E-state index < -0.39 is 5.82 Å². The predicted octanol–water partition coefficient (Wildman–Crippen LogP) is 2.31. The molecule has 0 saturated carbocycles. The van der Waals surface area contributed by atoms with Crippen LogP contribution in [0.3, 0.4) is 0 Å². The Morgan fingerprint density at radius 1 is 1.53 bits per heavy atom. The van der Waals surface area contributed by atoms with Gasteiger partial charge in [-0.3, -0.25) is 4.79 Å². The molecule has 0 unspecified atom stereocenters. The molecule has 0 aromatic carbocycles. The van der Waals surface area contributed by atoms with Gasteiger partial charge >= 0.3 is 0 Å². The van der Waals surface area contributed by atoms with Crippen LogP contribution in [-0.4, -0.2) is 23.0 Å². The number of hydrogen-bond acceptors (Lipinski definition) is 3. The number of hydrogen-bond donors (Lipinski definition) is 2. The lowest BCUT2D eigenvalue weighted by atomic mass is 10.1. The number of amides is 1. The fraction of sp³-hybridized carbons (Fsp3) is 0.455. The first kappa shape index (κ1) is 13.9. The summed E-state index contributed by atoms with van der Waals surface area (Å²) in [6.07, 6.45) is 1.47. The highest BCUT2D eigenvalue weighted by molar-refractivity contribution is 9.10. The molecule has 0 spiro atoms. The van der Waals surface area contributed by atoms with Gasteiger partial charge in [-0.15, -0.1) is 0 Å². The first-order chi connectivity index (χ1) is 7.78. The van der Waals surface area contributed by atoms with Crippen molar-refractivity contribution in [2.75, 3.05) is 11.9 Å². The summed E-state index contributed by atoms with van der Waals surface area (Å²) in [7, 11) is 0. The van der Waals surface area contributed by atoms with Crippen molar-refractivity contribution >= 4 is 27.7 Å². The van der Waals surface area contributed by atoms with Crippen LogP contribution in [0.4, 0.5) is 10.2 Å². The number of anilines is 1. The van der Waals surface area contributed by atoms with E-state index in [1.165, 1.54) is 12.3 Å². The van der Waals surface area contributed by atoms with Crippen LogP contribution >= 0.6 is 15.9 Å². The Labute approximate surface area is 108 Å². The van der Waals surface area contributed by atoms with E-state index in [1.54, 1.807) is 0 Å². The summed E-state index contributed by atoms with van der Waals surface area (Å²) in [5.74, 6) is -0.637. The molecule has 4 nitrogen and oxygen atoms in total. The standard InChI is InChI=1S/C11H15BrFN3O/c1-11(2,3)16-9(17)6-15-10-8(13)4-7(12)5-14-10/h4-5H,6H2,1-3H3,(H,14,15)(H,16,17). The van der Waals surface area contributed by atoms with E-state index >= 15 is 0 Å². The van der Waals surface area contributed by atoms with Gasteiger partial charge in [0.2, 0.25) is 5.91 Å². The number of nitrogens with one attached hydrogen (secondary N) is 2. The van der Waals surface area contributed by atoms with E-state index in [2.05, 4.69) is 31.5 Å². The molecule has 0 atom stereocenters. The molecule has 0 aliphatic rings. The number of rotatable bonds is 3. The molecule has 6 heteroatoms. The summed E-state index contributed by atoms with van der Waals surface area (Å²) in [6.45, 7) is 5.62. The van der Waals surface area contributed by atoms with Crippen LogP contribution in [0.25, 0.3) is 0 Å². The molecule has 0 fully saturated rings. The summed E-state index contributed by atoms with van der Waals surface area (Å²) >= 11 is 3.11. The first-order valence-electron chi connectivity index (χ1n) is 5.14. The highest BCUT2D eigenvalue weighted by Crippen LogP contribution is 2.15. The summed E-state index contributed by atoms with van der Waals surface area (Å²) in [6, 6.07) is 1.29. The largest absolute Gasteiger partial charge is 0.359 e. The second-order valence-corrected chi connectivity index (χ2v) is 5.55. The third kappa shape index (κ3) is 5.12. The van der Waals surface area contributed by atoms with E-state index in [0.717, 1.165) is 0 Å². The van der Waals surface area contributed by atoms with Crippen molar-refractivity contribution in [1.29, 1.82) is 0 Å². The molecule has 1 aromatic rings. The molecule has 1 amide bonds. The fourth-order valence-corrected chi connectivity index (χ4v) is 1.47. The van der Waals surface area contributed by atoms with Crippen molar-refractivity contribution in [2.45, 2.75) is 26.3 Å². The maximum atomic E-state index is 13.4. The molecule has 17 heavy (non-hydrogen) atoms. The van der Waals surface area contributed by atoms with Gasteiger partial charge in [0.25, 0.3) is 0 Å². The Hall–Kier alpha value is -1.17. The van der Waals surface area contributed by atoms with Crippen LogP contribution < -0.4 is 10.6 Å². The average Bonchev–Trinajstić information content (AvgIpc) is 2.13. The molecule has 0 saturated heterocycles. The minimum Gasteiger partial charge on any atom is -0.359 e. The summed E-state index contributed by atoms with van der Waals surface area (Å²) in [4.78, 5) is 15.3. The highest BCUT2D eigenvalue weighted by Gasteiger charge is 2.14. The predicted molar refractivity (Wildman–Crippen MR) is 68.3 cm³/mol. The number of carbonyl (C=O) groups is 1. The number of nitrogens with zero attached hydrogens (tertiary/aromatic N) is 1. The van der Waals surface area contributed by atoms with Crippen LogP contribution in [0, 0.1) is 5.82 Å². The Morgan fingerprint density at radius 3 is 2.71 bits per heavy atom. The Bertz CT molecular complexity index is 418. The maximum Gasteiger partial charge on any atom is 0.239 e. The van der Waals surface area contributed by atoms with Crippen molar-refractivity contribution < 1.29 is 9.18 Å². The number of carbonyl (C=O) groups excluding carboxylic acids is 1. The van der Waals surface area contributed by atoms with E-state index in [-0.39, 0.29) is 23.8 Å². The maximum absolute atomic E-state index is 13.4. The van der Waals surface area contributed by atoms with Gasteiger partial charge < -0.3 is 10.6 Å². The van der Waals surface area contributed by atoms with Crippen molar-refractivity contribution in [2.24, 2.45) is 0 Å². The number of pyridine rings is 1. The summed E-state index contributed by atoms with van der Waals surface area (Å²) in [5, 5.41) is 5.40.